The molecule has 0 aliphatic rings. The van der Waals surface area contributed by atoms with E-state index in [-0.39, 0.29) is 11.7 Å². The van der Waals surface area contributed by atoms with Crippen molar-refractivity contribution in [1.82, 2.24) is 0 Å². The molecule has 0 aliphatic carbocycles. The van der Waals surface area contributed by atoms with E-state index in [1.807, 2.05) is 24.3 Å². The highest BCUT2D eigenvalue weighted by Gasteiger charge is 2.13. The molecule has 0 radical (unpaired) electrons. The summed E-state index contributed by atoms with van der Waals surface area (Å²) in [5.74, 6) is 0.0641. The number of carbonyl (C=O) groups excluding carboxylic acids is 1. The summed E-state index contributed by atoms with van der Waals surface area (Å²) >= 11 is 0. The number of amides is 1. The van der Waals surface area contributed by atoms with E-state index in [1.54, 1.807) is 0 Å². The predicted octanol–water partition coefficient (Wildman–Crippen LogP) is 5.05. The van der Waals surface area contributed by atoms with Gasteiger partial charge in [-0.05, 0) is 48.2 Å². The zero-order valence-electron chi connectivity index (χ0n) is 13.1. The quantitative estimate of drug-likeness (QED) is 0.808. The normalized spacial score (nSPS) is 12.0. The number of anilines is 1. The first kappa shape index (κ1) is 16.9. The Morgan fingerprint density at radius 1 is 1.13 bits per heavy atom. The number of alkyl halides is 2. The van der Waals surface area contributed by atoms with Crippen LogP contribution in [0.3, 0.4) is 0 Å². The fraction of sp³-hybridized carbons (Fsp3) is 0.278. The van der Waals surface area contributed by atoms with E-state index in [4.69, 9.17) is 0 Å². The lowest BCUT2D eigenvalue weighted by molar-refractivity contribution is -0.0498. The first-order chi connectivity index (χ1) is 11.0. The summed E-state index contributed by atoms with van der Waals surface area (Å²) in [4.78, 5) is 12.3. The molecule has 0 heterocycles. The maximum Gasteiger partial charge on any atom is 0.387 e. The fourth-order valence-electron chi connectivity index (χ4n) is 2.24. The van der Waals surface area contributed by atoms with Gasteiger partial charge >= 0.3 is 6.61 Å². The van der Waals surface area contributed by atoms with Crippen molar-refractivity contribution in [3.63, 3.8) is 0 Å². The number of carbonyl (C=O) groups is 1. The Balaban J connectivity index is 2.13. The van der Waals surface area contributed by atoms with Crippen LogP contribution < -0.4 is 10.1 Å². The molecule has 1 amide bonds. The molecule has 0 fully saturated rings. The number of hydrogen-bond acceptors (Lipinski definition) is 2. The smallest absolute Gasteiger partial charge is 0.387 e. The summed E-state index contributed by atoms with van der Waals surface area (Å²) in [5, 5.41) is 2.87. The van der Waals surface area contributed by atoms with Gasteiger partial charge in [-0.1, -0.05) is 32.0 Å². The molecule has 0 saturated carbocycles. The monoisotopic (exact) mass is 319 g/mol. The van der Waals surface area contributed by atoms with Crippen molar-refractivity contribution in [2.45, 2.75) is 32.8 Å². The molecule has 3 nitrogen and oxygen atoms in total. The zero-order valence-corrected chi connectivity index (χ0v) is 13.1. The minimum atomic E-state index is -2.88. The second-order valence-electron chi connectivity index (χ2n) is 5.25. The lowest BCUT2D eigenvalue weighted by Crippen LogP contribution is -2.14. The van der Waals surface area contributed by atoms with E-state index in [1.165, 1.54) is 24.3 Å². The first-order valence-electron chi connectivity index (χ1n) is 7.46. The number of halogens is 2. The Morgan fingerprint density at radius 2 is 1.78 bits per heavy atom. The summed E-state index contributed by atoms with van der Waals surface area (Å²) < 4.78 is 28.5. The van der Waals surface area contributed by atoms with Gasteiger partial charge < -0.3 is 10.1 Å². The van der Waals surface area contributed by atoms with Crippen LogP contribution in [0.5, 0.6) is 5.75 Å². The van der Waals surface area contributed by atoms with Gasteiger partial charge in [-0.15, -0.1) is 0 Å². The SMILES string of the molecule is CC[C@@H](C)c1ccccc1NC(=O)c1ccc(OC(F)F)cc1. The molecule has 23 heavy (non-hydrogen) atoms. The van der Waals surface area contributed by atoms with E-state index < -0.39 is 6.61 Å². The Labute approximate surface area is 134 Å². The standard InChI is InChI=1S/C18H19F2NO2/c1-3-12(2)15-6-4-5-7-16(15)21-17(22)13-8-10-14(11-9-13)23-18(19)20/h4-12,18H,3H2,1-2H3,(H,21,22)/t12-/m1/s1. The van der Waals surface area contributed by atoms with Crippen LogP contribution in [0.2, 0.25) is 0 Å². The highest BCUT2D eigenvalue weighted by Crippen LogP contribution is 2.27. The topological polar surface area (TPSA) is 38.3 Å². The van der Waals surface area contributed by atoms with Gasteiger partial charge in [0.15, 0.2) is 0 Å². The molecule has 1 atom stereocenters. The molecular weight excluding hydrogens is 300 g/mol. The molecule has 2 rings (SSSR count). The van der Waals surface area contributed by atoms with Crippen molar-refractivity contribution in [3.05, 3.63) is 59.7 Å². The van der Waals surface area contributed by atoms with Crippen LogP contribution in [-0.2, 0) is 0 Å². The summed E-state index contributed by atoms with van der Waals surface area (Å²) in [5.41, 5.74) is 2.21. The van der Waals surface area contributed by atoms with E-state index >= 15 is 0 Å². The molecule has 0 unspecified atom stereocenters. The highest BCUT2D eigenvalue weighted by molar-refractivity contribution is 6.04. The average Bonchev–Trinajstić information content (AvgIpc) is 2.54. The Kier molecular flexibility index (Phi) is 5.68. The van der Waals surface area contributed by atoms with Gasteiger partial charge in [0, 0.05) is 11.3 Å². The second-order valence-corrected chi connectivity index (χ2v) is 5.25. The number of hydrogen-bond donors (Lipinski definition) is 1. The van der Waals surface area contributed by atoms with Crippen molar-refractivity contribution in [3.8, 4) is 5.75 Å². The van der Waals surface area contributed by atoms with Crippen LogP contribution in [0.25, 0.3) is 0 Å². The molecule has 2 aromatic rings. The van der Waals surface area contributed by atoms with Gasteiger partial charge in [0.25, 0.3) is 5.91 Å². The van der Waals surface area contributed by atoms with E-state index in [0.717, 1.165) is 17.7 Å². The number of nitrogens with one attached hydrogen (secondary N) is 1. The van der Waals surface area contributed by atoms with Crippen molar-refractivity contribution in [1.29, 1.82) is 0 Å². The highest BCUT2D eigenvalue weighted by atomic mass is 19.3. The van der Waals surface area contributed by atoms with Crippen LogP contribution in [0.15, 0.2) is 48.5 Å². The van der Waals surface area contributed by atoms with Crippen LogP contribution >= 0.6 is 0 Å². The van der Waals surface area contributed by atoms with E-state index in [0.29, 0.717) is 11.5 Å². The maximum absolute atomic E-state index is 12.3. The minimum Gasteiger partial charge on any atom is -0.435 e. The third-order valence-electron chi connectivity index (χ3n) is 3.69. The number of para-hydroxylation sites is 1. The van der Waals surface area contributed by atoms with Crippen molar-refractivity contribution in [2.75, 3.05) is 5.32 Å². The van der Waals surface area contributed by atoms with Gasteiger partial charge in [0.2, 0.25) is 0 Å². The molecule has 1 N–H and O–H groups in total. The van der Waals surface area contributed by atoms with Gasteiger partial charge in [0.05, 0.1) is 0 Å². The summed E-state index contributed by atoms with van der Waals surface area (Å²) in [7, 11) is 0. The van der Waals surface area contributed by atoms with Gasteiger partial charge in [0.1, 0.15) is 5.75 Å². The van der Waals surface area contributed by atoms with E-state index in [2.05, 4.69) is 23.9 Å². The Bertz CT molecular complexity index is 656. The Hall–Kier alpha value is -2.43. The zero-order chi connectivity index (χ0) is 16.8. The van der Waals surface area contributed by atoms with Crippen LogP contribution in [0.1, 0.15) is 42.1 Å². The lowest BCUT2D eigenvalue weighted by Gasteiger charge is -2.15. The van der Waals surface area contributed by atoms with Crippen LogP contribution in [0, 0.1) is 0 Å². The predicted molar refractivity (Wildman–Crippen MR) is 86.2 cm³/mol. The van der Waals surface area contributed by atoms with Gasteiger partial charge in [-0.25, -0.2) is 0 Å². The minimum absolute atomic E-state index is 0.0246. The maximum atomic E-state index is 12.3. The van der Waals surface area contributed by atoms with E-state index in [9.17, 15) is 13.6 Å². The molecule has 122 valence electrons. The number of benzene rings is 2. The van der Waals surface area contributed by atoms with Crippen molar-refractivity contribution < 1.29 is 18.3 Å². The van der Waals surface area contributed by atoms with Crippen LogP contribution in [-0.4, -0.2) is 12.5 Å². The molecule has 0 spiro atoms. The fourth-order valence-corrected chi connectivity index (χ4v) is 2.24. The lowest BCUT2D eigenvalue weighted by atomic mass is 9.97. The van der Waals surface area contributed by atoms with Gasteiger partial charge in [-0.2, -0.15) is 8.78 Å². The number of rotatable bonds is 6. The molecule has 5 heteroatoms. The third-order valence-corrected chi connectivity index (χ3v) is 3.69. The van der Waals surface area contributed by atoms with Gasteiger partial charge in [-0.3, -0.25) is 4.79 Å². The average molecular weight is 319 g/mol. The first-order valence-corrected chi connectivity index (χ1v) is 7.46. The molecular formula is C18H19F2NO2. The summed E-state index contributed by atoms with van der Waals surface area (Å²) in [6, 6.07) is 13.3. The summed E-state index contributed by atoms with van der Waals surface area (Å²) in [6.45, 7) is 1.31. The largest absolute Gasteiger partial charge is 0.435 e. The third kappa shape index (κ3) is 4.52. The molecule has 0 aliphatic heterocycles. The molecule has 0 aromatic heterocycles. The Morgan fingerprint density at radius 3 is 2.39 bits per heavy atom. The molecule has 2 aromatic carbocycles. The summed E-state index contributed by atoms with van der Waals surface area (Å²) in [6.07, 6.45) is 0.965. The van der Waals surface area contributed by atoms with Crippen molar-refractivity contribution in [2.24, 2.45) is 0 Å². The van der Waals surface area contributed by atoms with Crippen LogP contribution in [0.4, 0.5) is 14.5 Å². The molecule has 0 bridgehead atoms. The second kappa shape index (κ2) is 7.72. The molecule has 0 saturated heterocycles. The number of ether oxygens (including phenoxy) is 1. The van der Waals surface area contributed by atoms with Crippen molar-refractivity contribution >= 4 is 11.6 Å².